The first-order valence-corrected chi connectivity index (χ1v) is 9.55. The van der Waals surface area contributed by atoms with Crippen LogP contribution >= 0.6 is 0 Å². The van der Waals surface area contributed by atoms with Crippen LogP contribution in [-0.2, 0) is 19.4 Å². The van der Waals surface area contributed by atoms with Gasteiger partial charge in [0.05, 0.1) is 24.5 Å². The molecule has 128 valence electrons. The Balaban J connectivity index is 2.31. The summed E-state index contributed by atoms with van der Waals surface area (Å²) in [6, 6.07) is 7.98. The number of rotatable bonds is 6. The molecule has 23 heavy (non-hydrogen) atoms. The molecule has 0 radical (unpaired) electrons. The first kappa shape index (κ1) is 17.9. The number of esters is 1. The van der Waals surface area contributed by atoms with Gasteiger partial charge in [-0.1, -0.05) is 37.5 Å². The van der Waals surface area contributed by atoms with Crippen molar-refractivity contribution in [3.8, 4) is 0 Å². The predicted molar refractivity (Wildman–Crippen MR) is 86.6 cm³/mol. The second kappa shape index (κ2) is 7.93. The summed E-state index contributed by atoms with van der Waals surface area (Å²) in [5, 5.41) is 9.52. The van der Waals surface area contributed by atoms with Gasteiger partial charge in [0.2, 0.25) is 0 Å². The third-order valence-corrected chi connectivity index (χ3v) is 6.75. The van der Waals surface area contributed by atoms with Gasteiger partial charge >= 0.3 is 5.97 Å². The topological polar surface area (TPSA) is 80.7 Å². The number of aliphatic hydroxyl groups is 1. The van der Waals surface area contributed by atoms with Gasteiger partial charge in [0, 0.05) is 0 Å². The Kier molecular flexibility index (Phi) is 6.18. The summed E-state index contributed by atoms with van der Waals surface area (Å²) in [5.74, 6) is -0.707. The molecular formula is C17H24O5S. The van der Waals surface area contributed by atoms with E-state index in [-0.39, 0.29) is 17.2 Å². The van der Waals surface area contributed by atoms with Crippen molar-refractivity contribution < 1.29 is 23.1 Å². The molecule has 1 aliphatic carbocycles. The van der Waals surface area contributed by atoms with Crippen molar-refractivity contribution in [1.82, 2.24) is 0 Å². The van der Waals surface area contributed by atoms with E-state index >= 15 is 0 Å². The van der Waals surface area contributed by atoms with Gasteiger partial charge in [0.25, 0.3) is 0 Å². The highest BCUT2D eigenvalue weighted by Gasteiger charge is 2.39. The van der Waals surface area contributed by atoms with E-state index in [0.717, 1.165) is 32.1 Å². The molecule has 1 saturated carbocycles. The quantitative estimate of drug-likeness (QED) is 0.804. The van der Waals surface area contributed by atoms with E-state index in [4.69, 9.17) is 0 Å². The third-order valence-electron chi connectivity index (χ3n) is 4.58. The van der Waals surface area contributed by atoms with Crippen LogP contribution in [0.15, 0.2) is 35.2 Å². The second-order valence-electron chi connectivity index (χ2n) is 6.07. The fourth-order valence-corrected chi connectivity index (χ4v) is 5.06. The zero-order chi connectivity index (χ0) is 16.9. The predicted octanol–water partition coefficient (Wildman–Crippen LogP) is 2.33. The Labute approximate surface area is 137 Å². The molecule has 2 unspecified atom stereocenters. The maximum absolute atomic E-state index is 12.9. The maximum Gasteiger partial charge on any atom is 0.306 e. The minimum Gasteiger partial charge on any atom is -0.469 e. The number of aliphatic hydroxyl groups excluding tert-OH is 1. The van der Waals surface area contributed by atoms with Gasteiger partial charge in [0.15, 0.2) is 9.84 Å². The summed E-state index contributed by atoms with van der Waals surface area (Å²) >= 11 is 0. The van der Waals surface area contributed by atoms with Crippen molar-refractivity contribution in [3.05, 3.63) is 30.3 Å². The molecule has 2 rings (SSSR count). The van der Waals surface area contributed by atoms with Crippen LogP contribution in [-0.4, -0.2) is 38.0 Å². The van der Waals surface area contributed by atoms with Crippen molar-refractivity contribution in [2.24, 2.45) is 5.92 Å². The third kappa shape index (κ3) is 4.32. The second-order valence-corrected chi connectivity index (χ2v) is 8.23. The molecule has 0 heterocycles. The molecule has 1 aromatic rings. The molecule has 1 aromatic carbocycles. The molecule has 5 nitrogen and oxygen atoms in total. The standard InChI is InChI=1S/C17H24O5S/c1-22-16(18)12-15(17(19)13-8-4-2-5-9-13)23(20,21)14-10-6-3-7-11-14/h3,6-7,10-11,13,15,17,19H,2,4-5,8-9,12H2,1H3. The summed E-state index contributed by atoms with van der Waals surface area (Å²) in [6.45, 7) is 0. The van der Waals surface area contributed by atoms with E-state index in [9.17, 15) is 18.3 Å². The number of hydrogen-bond donors (Lipinski definition) is 1. The number of methoxy groups -OCH3 is 1. The van der Waals surface area contributed by atoms with Crippen LogP contribution < -0.4 is 0 Å². The van der Waals surface area contributed by atoms with Crippen LogP contribution in [0, 0.1) is 5.92 Å². The van der Waals surface area contributed by atoms with Gasteiger partial charge in [0.1, 0.15) is 5.25 Å². The van der Waals surface area contributed by atoms with E-state index in [1.807, 2.05) is 0 Å². The summed E-state index contributed by atoms with van der Waals surface area (Å²) in [4.78, 5) is 11.8. The first-order valence-electron chi connectivity index (χ1n) is 8.00. The fraction of sp³-hybridized carbons (Fsp3) is 0.588. The highest BCUT2D eigenvalue weighted by atomic mass is 32.2. The molecule has 0 spiro atoms. The smallest absolute Gasteiger partial charge is 0.306 e. The normalized spacial score (nSPS) is 19.0. The molecule has 0 amide bonds. The number of ether oxygens (including phenoxy) is 1. The van der Waals surface area contributed by atoms with Crippen LogP contribution in [0.1, 0.15) is 38.5 Å². The summed E-state index contributed by atoms with van der Waals surface area (Å²) in [5.41, 5.74) is 0. The summed E-state index contributed by atoms with van der Waals surface area (Å²) in [7, 11) is -2.58. The van der Waals surface area contributed by atoms with Crippen molar-refractivity contribution in [3.63, 3.8) is 0 Å². The molecule has 2 atom stereocenters. The number of carbonyl (C=O) groups excluding carboxylic acids is 1. The zero-order valence-corrected chi connectivity index (χ0v) is 14.2. The Morgan fingerprint density at radius 2 is 1.83 bits per heavy atom. The Morgan fingerprint density at radius 3 is 2.39 bits per heavy atom. The Morgan fingerprint density at radius 1 is 1.22 bits per heavy atom. The Bertz CT molecular complexity index is 605. The molecule has 0 aliphatic heterocycles. The van der Waals surface area contributed by atoms with Gasteiger partial charge in [-0.15, -0.1) is 0 Å². The van der Waals surface area contributed by atoms with E-state index in [2.05, 4.69) is 4.74 Å². The number of benzene rings is 1. The SMILES string of the molecule is COC(=O)CC(C(O)C1CCCCC1)S(=O)(=O)c1ccccc1. The van der Waals surface area contributed by atoms with Crippen LogP contribution in [0.3, 0.4) is 0 Å². The van der Waals surface area contributed by atoms with Gasteiger partial charge < -0.3 is 9.84 Å². The van der Waals surface area contributed by atoms with E-state index in [0.29, 0.717) is 0 Å². The molecule has 0 bridgehead atoms. The van der Waals surface area contributed by atoms with Crippen molar-refractivity contribution in [2.45, 2.75) is 54.8 Å². The molecule has 0 saturated heterocycles. The van der Waals surface area contributed by atoms with Crippen molar-refractivity contribution in [1.29, 1.82) is 0 Å². The lowest BCUT2D eigenvalue weighted by Gasteiger charge is -2.31. The van der Waals surface area contributed by atoms with E-state index < -0.39 is 27.2 Å². The van der Waals surface area contributed by atoms with Gasteiger partial charge in [-0.25, -0.2) is 8.42 Å². The average Bonchev–Trinajstić information content (AvgIpc) is 2.60. The van der Waals surface area contributed by atoms with E-state index in [1.54, 1.807) is 18.2 Å². The lowest BCUT2D eigenvalue weighted by Crippen LogP contribution is -2.41. The molecular weight excluding hydrogens is 316 g/mol. The molecule has 1 N–H and O–H groups in total. The molecule has 6 heteroatoms. The monoisotopic (exact) mass is 340 g/mol. The number of sulfone groups is 1. The minimum atomic E-state index is -3.81. The lowest BCUT2D eigenvalue weighted by molar-refractivity contribution is -0.141. The largest absolute Gasteiger partial charge is 0.469 e. The number of hydrogen-bond acceptors (Lipinski definition) is 5. The molecule has 0 aromatic heterocycles. The molecule has 1 fully saturated rings. The van der Waals surface area contributed by atoms with Crippen LogP contribution in [0.4, 0.5) is 0 Å². The van der Waals surface area contributed by atoms with Crippen LogP contribution in [0.25, 0.3) is 0 Å². The van der Waals surface area contributed by atoms with Crippen LogP contribution in [0.2, 0.25) is 0 Å². The number of carbonyl (C=O) groups is 1. The maximum atomic E-state index is 12.9. The zero-order valence-electron chi connectivity index (χ0n) is 13.3. The lowest BCUT2D eigenvalue weighted by atomic mass is 9.83. The van der Waals surface area contributed by atoms with Gasteiger partial charge in [-0.05, 0) is 30.9 Å². The highest BCUT2D eigenvalue weighted by Crippen LogP contribution is 2.32. The highest BCUT2D eigenvalue weighted by molar-refractivity contribution is 7.92. The van der Waals surface area contributed by atoms with Crippen molar-refractivity contribution in [2.75, 3.05) is 7.11 Å². The fourth-order valence-electron chi connectivity index (χ4n) is 3.23. The average molecular weight is 340 g/mol. The molecule has 1 aliphatic rings. The van der Waals surface area contributed by atoms with Crippen LogP contribution in [0.5, 0.6) is 0 Å². The summed E-state index contributed by atoms with van der Waals surface area (Å²) < 4.78 is 30.4. The van der Waals surface area contributed by atoms with Gasteiger partial charge in [-0.3, -0.25) is 4.79 Å². The Hall–Kier alpha value is -1.40. The first-order chi connectivity index (χ1) is 11.0. The van der Waals surface area contributed by atoms with Gasteiger partial charge in [-0.2, -0.15) is 0 Å². The minimum absolute atomic E-state index is 0.0862. The van der Waals surface area contributed by atoms with E-state index in [1.165, 1.54) is 19.2 Å². The van der Waals surface area contributed by atoms with Crippen molar-refractivity contribution >= 4 is 15.8 Å². The summed E-state index contributed by atoms with van der Waals surface area (Å²) in [6.07, 6.45) is 3.28.